The van der Waals surface area contributed by atoms with Crippen molar-refractivity contribution in [2.45, 2.75) is 50.0 Å². The van der Waals surface area contributed by atoms with Crippen molar-refractivity contribution in [3.8, 4) is 0 Å². The van der Waals surface area contributed by atoms with Crippen LogP contribution < -0.4 is 0 Å². The highest BCUT2D eigenvalue weighted by Crippen LogP contribution is 2.53. The van der Waals surface area contributed by atoms with Crippen molar-refractivity contribution >= 4 is 5.97 Å². The van der Waals surface area contributed by atoms with Gasteiger partial charge < -0.3 is 9.84 Å². The Morgan fingerprint density at radius 2 is 2.10 bits per heavy atom. The molecule has 1 fully saturated rings. The summed E-state index contributed by atoms with van der Waals surface area (Å²) in [6, 6.07) is 8.45. The van der Waals surface area contributed by atoms with E-state index in [4.69, 9.17) is 4.74 Å². The minimum Gasteiger partial charge on any atom is -0.467 e. The molecule has 0 heterocycles. The lowest BCUT2D eigenvalue weighted by molar-refractivity contribution is -0.179. The number of esters is 1. The van der Waals surface area contributed by atoms with Gasteiger partial charge in [-0.3, -0.25) is 0 Å². The molecule has 2 aliphatic carbocycles. The standard InChI is InChI=1S/C17H22O3/c1-16-10-5-11-17(19,15(18)20-2)14(16)9-8-12-6-3-4-7-13(12)16/h3-4,6-7,14,19H,5,8-11H2,1-2H3/t14-,16-,17+/m1/s1. The highest BCUT2D eigenvalue weighted by molar-refractivity contribution is 5.80. The van der Waals surface area contributed by atoms with E-state index in [-0.39, 0.29) is 11.3 Å². The largest absolute Gasteiger partial charge is 0.467 e. The maximum absolute atomic E-state index is 12.1. The third-order valence-corrected chi connectivity index (χ3v) is 5.47. The summed E-state index contributed by atoms with van der Waals surface area (Å²) in [4.78, 5) is 12.1. The summed E-state index contributed by atoms with van der Waals surface area (Å²) < 4.78 is 4.89. The van der Waals surface area contributed by atoms with E-state index >= 15 is 0 Å². The van der Waals surface area contributed by atoms with Crippen LogP contribution in [0.25, 0.3) is 0 Å². The molecular formula is C17H22O3. The maximum atomic E-state index is 12.1. The number of methoxy groups -OCH3 is 1. The van der Waals surface area contributed by atoms with Crippen molar-refractivity contribution in [2.24, 2.45) is 5.92 Å². The van der Waals surface area contributed by atoms with Gasteiger partial charge in [0.05, 0.1) is 7.11 Å². The Labute approximate surface area is 120 Å². The van der Waals surface area contributed by atoms with Gasteiger partial charge in [0.25, 0.3) is 0 Å². The predicted molar refractivity (Wildman–Crippen MR) is 76.4 cm³/mol. The van der Waals surface area contributed by atoms with E-state index in [0.717, 1.165) is 25.7 Å². The minimum absolute atomic E-state index is 0.0499. The third-order valence-electron chi connectivity index (χ3n) is 5.47. The van der Waals surface area contributed by atoms with Crippen LogP contribution in [0.1, 0.15) is 43.7 Å². The lowest BCUT2D eigenvalue weighted by atomic mass is 9.53. The van der Waals surface area contributed by atoms with Crippen LogP contribution in [0.5, 0.6) is 0 Å². The third kappa shape index (κ3) is 1.72. The Bertz CT molecular complexity index is 539. The van der Waals surface area contributed by atoms with Crippen LogP contribution in [0.3, 0.4) is 0 Å². The molecule has 1 aromatic carbocycles. The van der Waals surface area contributed by atoms with Gasteiger partial charge >= 0.3 is 5.97 Å². The molecule has 0 bridgehead atoms. The minimum atomic E-state index is -1.32. The van der Waals surface area contributed by atoms with Gasteiger partial charge in [-0.05, 0) is 48.6 Å². The first-order chi connectivity index (χ1) is 9.52. The topological polar surface area (TPSA) is 46.5 Å². The second kappa shape index (κ2) is 4.59. The lowest BCUT2D eigenvalue weighted by Gasteiger charge is -2.52. The molecule has 3 nitrogen and oxygen atoms in total. The van der Waals surface area contributed by atoms with Gasteiger partial charge in [-0.2, -0.15) is 0 Å². The van der Waals surface area contributed by atoms with Crippen molar-refractivity contribution in [2.75, 3.05) is 7.11 Å². The molecule has 108 valence electrons. The van der Waals surface area contributed by atoms with E-state index in [1.54, 1.807) is 0 Å². The van der Waals surface area contributed by atoms with Crippen molar-refractivity contribution in [3.05, 3.63) is 35.4 Å². The Kier molecular flexibility index (Phi) is 3.13. The normalized spacial score (nSPS) is 35.9. The van der Waals surface area contributed by atoms with Gasteiger partial charge in [-0.1, -0.05) is 31.2 Å². The van der Waals surface area contributed by atoms with Crippen molar-refractivity contribution < 1.29 is 14.6 Å². The molecule has 0 radical (unpaired) electrons. The van der Waals surface area contributed by atoms with Crippen molar-refractivity contribution in [1.29, 1.82) is 0 Å². The molecule has 0 amide bonds. The molecule has 3 atom stereocenters. The van der Waals surface area contributed by atoms with Crippen LogP contribution in [-0.4, -0.2) is 23.8 Å². The predicted octanol–water partition coefficient (Wildman–Crippen LogP) is 2.59. The molecule has 1 aromatic rings. The number of aryl methyl sites for hydroxylation is 1. The molecule has 0 unspecified atom stereocenters. The van der Waals surface area contributed by atoms with E-state index in [1.165, 1.54) is 18.2 Å². The Balaban J connectivity index is 2.08. The monoisotopic (exact) mass is 274 g/mol. The van der Waals surface area contributed by atoms with E-state index in [2.05, 4.69) is 31.2 Å². The number of hydrogen-bond acceptors (Lipinski definition) is 3. The van der Waals surface area contributed by atoms with Crippen molar-refractivity contribution in [3.63, 3.8) is 0 Å². The van der Waals surface area contributed by atoms with E-state index in [1.807, 2.05) is 0 Å². The van der Waals surface area contributed by atoms with E-state index in [9.17, 15) is 9.90 Å². The zero-order chi connectivity index (χ0) is 14.4. The van der Waals surface area contributed by atoms with Crippen LogP contribution in [0.4, 0.5) is 0 Å². The molecule has 0 aliphatic heterocycles. The first kappa shape index (κ1) is 13.6. The molecular weight excluding hydrogens is 252 g/mol. The highest BCUT2D eigenvalue weighted by atomic mass is 16.5. The second-order valence-corrected chi connectivity index (χ2v) is 6.44. The fourth-order valence-electron chi connectivity index (χ4n) is 4.50. The van der Waals surface area contributed by atoms with Gasteiger partial charge in [0.2, 0.25) is 0 Å². The SMILES string of the molecule is COC(=O)[C@]1(O)CCC[C@]2(C)c3ccccc3CC[C@@H]12. The van der Waals surface area contributed by atoms with Gasteiger partial charge in [0, 0.05) is 5.92 Å². The van der Waals surface area contributed by atoms with Gasteiger partial charge in [-0.25, -0.2) is 4.79 Å². The highest BCUT2D eigenvalue weighted by Gasteiger charge is 2.57. The fourth-order valence-corrected chi connectivity index (χ4v) is 4.50. The van der Waals surface area contributed by atoms with Crippen LogP contribution in [-0.2, 0) is 21.4 Å². The summed E-state index contributed by atoms with van der Waals surface area (Å²) in [5, 5.41) is 11.0. The summed E-state index contributed by atoms with van der Waals surface area (Å²) in [6.45, 7) is 2.20. The number of benzene rings is 1. The van der Waals surface area contributed by atoms with Gasteiger partial charge in [0.15, 0.2) is 5.60 Å². The Morgan fingerprint density at radius 1 is 1.35 bits per heavy atom. The van der Waals surface area contributed by atoms with E-state index in [0.29, 0.717) is 6.42 Å². The Hall–Kier alpha value is -1.35. The first-order valence-electron chi connectivity index (χ1n) is 7.41. The van der Waals surface area contributed by atoms with Crippen LogP contribution in [0.2, 0.25) is 0 Å². The lowest BCUT2D eigenvalue weighted by Crippen LogP contribution is -2.58. The summed E-state index contributed by atoms with van der Waals surface area (Å²) in [7, 11) is 1.36. The van der Waals surface area contributed by atoms with Crippen LogP contribution in [0, 0.1) is 5.92 Å². The molecule has 1 saturated carbocycles. The molecule has 20 heavy (non-hydrogen) atoms. The summed E-state index contributed by atoms with van der Waals surface area (Å²) >= 11 is 0. The summed E-state index contributed by atoms with van der Waals surface area (Å²) in [5.74, 6) is -0.515. The number of fused-ring (bicyclic) bond motifs is 3. The molecule has 3 rings (SSSR count). The summed E-state index contributed by atoms with van der Waals surface area (Å²) in [5.41, 5.74) is 1.21. The fraction of sp³-hybridized carbons (Fsp3) is 0.588. The second-order valence-electron chi connectivity index (χ2n) is 6.44. The van der Waals surface area contributed by atoms with Crippen LogP contribution >= 0.6 is 0 Å². The number of hydrogen-bond donors (Lipinski definition) is 1. The van der Waals surface area contributed by atoms with Gasteiger partial charge in [-0.15, -0.1) is 0 Å². The molecule has 0 saturated heterocycles. The molecule has 2 aliphatic rings. The number of carbonyl (C=O) groups is 1. The maximum Gasteiger partial charge on any atom is 0.338 e. The van der Waals surface area contributed by atoms with Crippen molar-refractivity contribution in [1.82, 2.24) is 0 Å². The average molecular weight is 274 g/mol. The van der Waals surface area contributed by atoms with E-state index < -0.39 is 11.6 Å². The van der Waals surface area contributed by atoms with Crippen LogP contribution in [0.15, 0.2) is 24.3 Å². The summed E-state index contributed by atoms with van der Waals surface area (Å²) in [6.07, 6.45) is 4.16. The number of ether oxygens (including phenoxy) is 1. The number of rotatable bonds is 1. The molecule has 1 N–H and O–H groups in total. The smallest absolute Gasteiger partial charge is 0.338 e. The van der Waals surface area contributed by atoms with Gasteiger partial charge in [0.1, 0.15) is 0 Å². The molecule has 0 aromatic heterocycles. The Morgan fingerprint density at radius 3 is 2.85 bits per heavy atom. The first-order valence-corrected chi connectivity index (χ1v) is 7.41. The molecule has 3 heteroatoms. The average Bonchev–Trinajstić information content (AvgIpc) is 2.46. The zero-order valence-electron chi connectivity index (χ0n) is 12.2. The zero-order valence-corrected chi connectivity index (χ0v) is 12.2. The quantitative estimate of drug-likeness (QED) is 0.801. The molecule has 0 spiro atoms. The number of carbonyl (C=O) groups excluding carboxylic acids is 1. The number of aliphatic hydroxyl groups is 1.